The molecule has 1 aliphatic heterocycles. The molecule has 65 heavy (non-hydrogen) atoms. The summed E-state index contributed by atoms with van der Waals surface area (Å²) in [4.78, 5) is 8.57. The summed E-state index contributed by atoms with van der Waals surface area (Å²) in [6.07, 6.45) is 2.48. The maximum Gasteiger partial charge on any atom is 0.135 e. The van der Waals surface area contributed by atoms with Gasteiger partial charge in [-0.2, -0.15) is 6.07 Å². The van der Waals surface area contributed by atoms with Gasteiger partial charge < -0.3 is 19.1 Å². The molecular weight excluding hydrogens is 976 g/mol. The summed E-state index contributed by atoms with van der Waals surface area (Å²) < 4.78 is 96.7. The fourth-order valence-electron chi connectivity index (χ4n) is 9.17. The van der Waals surface area contributed by atoms with Crippen LogP contribution in [0.3, 0.4) is 0 Å². The Hall–Kier alpha value is -7.20. The second-order valence-corrected chi connectivity index (χ2v) is 16.9. The van der Waals surface area contributed by atoms with Crippen LogP contribution in [-0.4, -0.2) is 9.55 Å². The van der Waals surface area contributed by atoms with Gasteiger partial charge in [0.25, 0.3) is 0 Å². The largest absolute Gasteiger partial charge is 0.509 e. The molecule has 0 atom stereocenters. The number of pyridine rings is 1. The predicted molar refractivity (Wildman–Crippen MR) is 262 cm³/mol. The SMILES string of the molecule is [2H]c1c([2H])c([2H])c(-c2cccc(-c3c([2H])c([2H])c([2H])c([2H])c3[2H])c2N2[CH-]N(c3[c-]c(Oc4[c-]c5c(c6c4Cc4ccccc4-6)c4ccccc4n5-c4cc(C(C)(C)C)ccn4)ccc3)c3ccccc32)c([2H])c1[2H].[Pt]. The van der Waals surface area contributed by atoms with Crippen LogP contribution in [-0.2, 0) is 32.9 Å². The second-order valence-electron chi connectivity index (χ2n) is 16.9. The van der Waals surface area contributed by atoms with Crippen LogP contribution in [0, 0.1) is 18.8 Å². The fraction of sp³-hybridized carbons (Fsp3) is 0.0847. The zero-order valence-corrected chi connectivity index (χ0v) is 37.7. The van der Waals surface area contributed by atoms with Gasteiger partial charge in [-0.25, -0.2) is 4.98 Å². The van der Waals surface area contributed by atoms with E-state index in [-0.39, 0.29) is 54.4 Å². The maximum atomic E-state index is 9.08. The smallest absolute Gasteiger partial charge is 0.135 e. The number of ether oxygens (including phenoxy) is 1. The van der Waals surface area contributed by atoms with Crippen LogP contribution in [0.4, 0.5) is 22.7 Å². The van der Waals surface area contributed by atoms with Gasteiger partial charge in [0.15, 0.2) is 0 Å². The molecule has 0 saturated carbocycles. The van der Waals surface area contributed by atoms with Crippen LogP contribution in [0.5, 0.6) is 11.5 Å². The number of benzene rings is 8. The minimum Gasteiger partial charge on any atom is -0.509 e. The first kappa shape index (κ1) is 30.8. The van der Waals surface area contributed by atoms with Gasteiger partial charge in [0, 0.05) is 72.5 Å². The van der Waals surface area contributed by atoms with Crippen molar-refractivity contribution >= 4 is 44.6 Å². The molecule has 0 bridgehead atoms. The molecule has 12 rings (SSSR count). The number of para-hydroxylation sites is 4. The third-order valence-corrected chi connectivity index (χ3v) is 12.1. The third kappa shape index (κ3) is 6.85. The molecule has 0 unspecified atom stereocenters. The van der Waals surface area contributed by atoms with Crippen molar-refractivity contribution in [2.24, 2.45) is 0 Å². The van der Waals surface area contributed by atoms with E-state index in [0.29, 0.717) is 35.0 Å². The van der Waals surface area contributed by atoms with Crippen LogP contribution < -0.4 is 14.5 Å². The van der Waals surface area contributed by atoms with E-state index >= 15 is 0 Å². The van der Waals surface area contributed by atoms with Gasteiger partial charge in [-0.05, 0) is 75.4 Å². The van der Waals surface area contributed by atoms with Gasteiger partial charge in [0.2, 0.25) is 0 Å². The number of hydrogen-bond acceptors (Lipinski definition) is 4. The van der Waals surface area contributed by atoms with E-state index < -0.39 is 60.4 Å². The molecule has 0 fully saturated rings. The normalized spacial score (nSPS) is 15.0. The molecule has 5 nitrogen and oxygen atoms in total. The minimum absolute atomic E-state index is 0. The van der Waals surface area contributed by atoms with Gasteiger partial charge in [-0.3, -0.25) is 0 Å². The monoisotopic (exact) mass is 1030 g/mol. The molecule has 0 N–H and O–H groups in total. The molecule has 0 saturated heterocycles. The molecule has 0 amide bonds. The summed E-state index contributed by atoms with van der Waals surface area (Å²) >= 11 is 0. The summed E-state index contributed by atoms with van der Waals surface area (Å²) in [5.74, 6) is 1.70. The molecule has 10 aromatic rings. The molecule has 6 heteroatoms. The van der Waals surface area contributed by atoms with Crippen molar-refractivity contribution in [1.82, 2.24) is 9.55 Å². The van der Waals surface area contributed by atoms with Crippen molar-refractivity contribution < 1.29 is 39.5 Å². The summed E-state index contributed by atoms with van der Waals surface area (Å²) in [6.45, 7) is 8.32. The first-order valence-electron chi connectivity index (χ1n) is 26.1. The van der Waals surface area contributed by atoms with Crippen LogP contribution in [0.2, 0.25) is 0 Å². The number of nitrogens with zero attached hydrogens (tertiary/aromatic N) is 4. The number of aromatic nitrogens is 2. The van der Waals surface area contributed by atoms with Crippen LogP contribution >= 0.6 is 0 Å². The van der Waals surface area contributed by atoms with Gasteiger partial charge in [0.1, 0.15) is 5.82 Å². The van der Waals surface area contributed by atoms with Crippen molar-refractivity contribution in [3.63, 3.8) is 0 Å². The molecule has 0 radical (unpaired) electrons. The number of hydrogen-bond donors (Lipinski definition) is 0. The van der Waals surface area contributed by atoms with Crippen LogP contribution in [0.15, 0.2) is 188 Å². The van der Waals surface area contributed by atoms with E-state index in [1.165, 1.54) is 5.56 Å². The van der Waals surface area contributed by atoms with E-state index in [1.54, 1.807) is 29.8 Å². The average molecular weight is 1030 g/mol. The van der Waals surface area contributed by atoms with E-state index in [4.69, 9.17) is 23.4 Å². The van der Waals surface area contributed by atoms with Crippen LogP contribution in [0.1, 0.15) is 51.2 Å². The summed E-state index contributed by atoms with van der Waals surface area (Å²) in [5, 5.41) is 2.13. The van der Waals surface area contributed by atoms with E-state index in [9.17, 15) is 0 Å². The Morgan fingerprint density at radius 3 is 2.06 bits per heavy atom. The maximum absolute atomic E-state index is 9.08. The van der Waals surface area contributed by atoms with Crippen molar-refractivity contribution in [2.45, 2.75) is 32.6 Å². The average Bonchev–Trinajstić information content (AvgIpc) is 4.09. The van der Waals surface area contributed by atoms with Crippen molar-refractivity contribution in [3.05, 3.63) is 223 Å². The number of anilines is 4. The van der Waals surface area contributed by atoms with Gasteiger partial charge in [-0.15, -0.1) is 47.7 Å². The van der Waals surface area contributed by atoms with Crippen molar-refractivity contribution in [2.75, 3.05) is 9.80 Å². The molecular formula is C59H43N4OPt-3. The van der Waals surface area contributed by atoms with E-state index in [1.807, 2.05) is 59.6 Å². The fourth-order valence-corrected chi connectivity index (χ4v) is 9.17. The Labute approximate surface area is 408 Å². The van der Waals surface area contributed by atoms with Gasteiger partial charge >= 0.3 is 0 Å². The molecule has 0 spiro atoms. The molecule has 2 aliphatic rings. The Bertz CT molecular complexity index is 3900. The standard InChI is InChI=1S/C59H43N4O.Pt/c1-59(2,3)42-32-33-60-55(35-42)63-50-29-13-12-26-48(50)57-53(63)37-54(49-34-41-22-10-11-25-45(41)56(49)57)64-44-24-16-23-43(36-44)61-38-62(52-31-15-14-30-51(52)61)58-46(39-18-6-4-7-19-39)27-17-28-47(58)40-20-8-5-9-21-40;/h4-33,35,38H,34H2,1-3H3;/q-3;/i4D,5D,6D,7D,8D,9D,18D,19D,20D,21D;. The van der Waals surface area contributed by atoms with Crippen molar-refractivity contribution in [3.8, 4) is 50.7 Å². The zero-order chi connectivity index (χ0) is 51.6. The predicted octanol–water partition coefficient (Wildman–Crippen LogP) is 15.2. The minimum atomic E-state index is -0.564. The van der Waals surface area contributed by atoms with E-state index in [2.05, 4.69) is 92.1 Å². The number of fused-ring (bicyclic) bond motifs is 8. The Balaban J connectivity index is 0.00000602. The summed E-state index contributed by atoms with van der Waals surface area (Å²) in [5.41, 5.74) is 9.35. The Morgan fingerprint density at radius 1 is 0.677 bits per heavy atom. The molecule has 1 aliphatic carbocycles. The van der Waals surface area contributed by atoms with Crippen LogP contribution in [0.25, 0.3) is 61.0 Å². The van der Waals surface area contributed by atoms with E-state index in [0.717, 1.165) is 49.9 Å². The van der Waals surface area contributed by atoms with Gasteiger partial charge in [-0.1, -0.05) is 165 Å². The van der Waals surface area contributed by atoms with Gasteiger partial charge in [0.05, 0.1) is 13.7 Å². The molecule has 8 aromatic carbocycles. The summed E-state index contributed by atoms with van der Waals surface area (Å²) in [7, 11) is 0. The zero-order valence-electron chi connectivity index (χ0n) is 45.4. The Kier molecular flexibility index (Phi) is 7.63. The molecule has 2 aromatic heterocycles. The summed E-state index contributed by atoms with van der Waals surface area (Å²) in [6, 6.07) is 41.0. The quantitative estimate of drug-likeness (QED) is 0.149. The van der Waals surface area contributed by atoms with Crippen molar-refractivity contribution in [1.29, 1.82) is 0 Å². The number of rotatable bonds is 7. The topological polar surface area (TPSA) is 33.5 Å². The first-order valence-corrected chi connectivity index (χ1v) is 21.1. The second kappa shape index (κ2) is 16.1. The third-order valence-electron chi connectivity index (χ3n) is 12.1. The molecule has 3 heterocycles. The molecule has 318 valence electrons. The Morgan fingerprint density at radius 2 is 1.32 bits per heavy atom. The first-order chi connectivity index (χ1) is 35.5.